The van der Waals surface area contributed by atoms with Crippen LogP contribution in [0.4, 0.5) is 0 Å². The second-order valence-electron chi connectivity index (χ2n) is 3.72. The van der Waals surface area contributed by atoms with Crippen LogP contribution in [0.2, 0.25) is 0 Å². The fraction of sp³-hybridized carbons (Fsp3) is 0.636. The van der Waals surface area contributed by atoms with Crippen LogP contribution in [0.1, 0.15) is 13.3 Å². The van der Waals surface area contributed by atoms with Gasteiger partial charge in [0.15, 0.2) is 0 Å². The fourth-order valence-corrected chi connectivity index (χ4v) is 1.38. The van der Waals surface area contributed by atoms with Crippen molar-refractivity contribution in [1.29, 1.82) is 0 Å². The van der Waals surface area contributed by atoms with E-state index in [1.807, 2.05) is 6.92 Å². The Morgan fingerprint density at radius 3 is 2.81 bits per heavy atom. The first-order valence-corrected chi connectivity index (χ1v) is 5.42. The van der Waals surface area contributed by atoms with Gasteiger partial charge in [0.05, 0.1) is 6.10 Å². The molecule has 0 bridgehead atoms. The Labute approximate surface area is 96.0 Å². The van der Waals surface area contributed by atoms with E-state index in [0.717, 1.165) is 12.0 Å². The summed E-state index contributed by atoms with van der Waals surface area (Å²) in [5.74, 6) is 0.0389. The molecule has 0 aromatic rings. The van der Waals surface area contributed by atoms with Crippen LogP contribution >= 0.6 is 0 Å². The molecule has 0 unspecified atom stereocenters. The van der Waals surface area contributed by atoms with Crippen LogP contribution in [-0.2, 0) is 9.53 Å². The Morgan fingerprint density at radius 1 is 1.62 bits per heavy atom. The zero-order chi connectivity index (χ0) is 12.0. The number of nitrogens with zero attached hydrogens (tertiary/aromatic N) is 2. The summed E-state index contributed by atoms with van der Waals surface area (Å²) in [4.78, 5) is 17.4. The highest BCUT2D eigenvalue weighted by Crippen LogP contribution is 2.10. The maximum Gasteiger partial charge on any atom is 0.244 e. The van der Waals surface area contributed by atoms with Crippen molar-refractivity contribution in [3.63, 3.8) is 0 Å². The minimum atomic E-state index is 0.0389. The summed E-state index contributed by atoms with van der Waals surface area (Å²) in [5, 5.41) is 0. The largest absolute Gasteiger partial charge is 0.404 e. The molecule has 1 fully saturated rings. The van der Waals surface area contributed by atoms with Crippen LogP contribution < -0.4 is 5.73 Å². The topological polar surface area (TPSA) is 67.9 Å². The van der Waals surface area contributed by atoms with E-state index < -0.39 is 0 Å². The zero-order valence-electron chi connectivity index (χ0n) is 9.85. The molecule has 5 heteroatoms. The van der Waals surface area contributed by atoms with Gasteiger partial charge in [-0.25, -0.2) is 0 Å². The molecule has 1 aliphatic heterocycles. The van der Waals surface area contributed by atoms with E-state index >= 15 is 0 Å². The van der Waals surface area contributed by atoms with E-state index in [0.29, 0.717) is 13.1 Å². The number of likely N-dealkylation sites (tertiary alicyclic amines) is 1. The number of amides is 1. The lowest BCUT2D eigenvalue weighted by Gasteiger charge is -2.37. The molecule has 0 radical (unpaired) electrons. The number of allylic oxidation sites excluding steroid dienone is 1. The highest BCUT2D eigenvalue weighted by molar-refractivity contribution is 5.84. The zero-order valence-corrected chi connectivity index (χ0v) is 9.85. The van der Waals surface area contributed by atoms with Crippen molar-refractivity contribution in [2.24, 2.45) is 10.7 Å². The summed E-state index contributed by atoms with van der Waals surface area (Å²) in [6.45, 7) is 3.54. The second kappa shape index (κ2) is 6.27. The second-order valence-corrected chi connectivity index (χ2v) is 3.72. The molecule has 1 aliphatic rings. The van der Waals surface area contributed by atoms with Gasteiger partial charge in [-0.2, -0.15) is 0 Å². The number of methoxy groups -OCH3 is 1. The molecule has 1 saturated heterocycles. The number of hydrogen-bond donors (Lipinski definition) is 1. The first-order chi connectivity index (χ1) is 7.71. The minimum Gasteiger partial charge on any atom is -0.404 e. The van der Waals surface area contributed by atoms with E-state index in [1.54, 1.807) is 18.2 Å². The molecule has 16 heavy (non-hydrogen) atoms. The smallest absolute Gasteiger partial charge is 0.244 e. The van der Waals surface area contributed by atoms with Gasteiger partial charge in [0.25, 0.3) is 0 Å². The average Bonchev–Trinajstić information content (AvgIpc) is 2.23. The number of ether oxygens (including phenoxy) is 1. The Hall–Kier alpha value is -1.36. The van der Waals surface area contributed by atoms with Gasteiger partial charge >= 0.3 is 0 Å². The van der Waals surface area contributed by atoms with Gasteiger partial charge in [0.1, 0.15) is 6.54 Å². The monoisotopic (exact) mass is 225 g/mol. The number of rotatable bonds is 5. The van der Waals surface area contributed by atoms with E-state index in [2.05, 4.69) is 4.99 Å². The summed E-state index contributed by atoms with van der Waals surface area (Å²) in [5.41, 5.74) is 6.30. The minimum absolute atomic E-state index is 0.0389. The molecule has 0 saturated carbocycles. The molecule has 0 atom stereocenters. The van der Waals surface area contributed by atoms with Crippen molar-refractivity contribution in [3.05, 3.63) is 11.8 Å². The number of carbonyl (C=O) groups is 1. The van der Waals surface area contributed by atoms with Gasteiger partial charge in [0, 0.05) is 26.4 Å². The molecule has 1 heterocycles. The third kappa shape index (κ3) is 3.34. The van der Waals surface area contributed by atoms with E-state index in [9.17, 15) is 4.79 Å². The maximum absolute atomic E-state index is 11.6. The number of hydrogen-bond acceptors (Lipinski definition) is 4. The number of nitrogens with two attached hydrogens (primary N) is 1. The molecule has 2 N–H and O–H groups in total. The van der Waals surface area contributed by atoms with Crippen molar-refractivity contribution >= 4 is 12.1 Å². The summed E-state index contributed by atoms with van der Waals surface area (Å²) in [6, 6.07) is 0. The molecular formula is C11H19N3O2. The molecule has 0 spiro atoms. The Bertz CT molecular complexity index is 294. The quantitative estimate of drug-likeness (QED) is 0.678. The van der Waals surface area contributed by atoms with Gasteiger partial charge in [-0.15, -0.1) is 0 Å². The predicted octanol–water partition coefficient (Wildman–Crippen LogP) is 0.167. The summed E-state index contributed by atoms with van der Waals surface area (Å²) >= 11 is 0. The Balaban J connectivity index is 2.26. The normalized spacial score (nSPS) is 17.9. The average molecular weight is 225 g/mol. The van der Waals surface area contributed by atoms with Crippen molar-refractivity contribution in [3.8, 4) is 0 Å². The Kier molecular flexibility index (Phi) is 4.98. The molecule has 0 aromatic heterocycles. The SMILES string of the molecule is CC/C(C=NCC(=O)N1CC(OC)C1)=C/N. The molecule has 0 aliphatic carbocycles. The van der Waals surface area contributed by atoms with Gasteiger partial charge in [-0.05, 0) is 18.2 Å². The third-order valence-corrected chi connectivity index (χ3v) is 2.64. The molecule has 0 aromatic carbocycles. The number of aliphatic imine (C=N–C) groups is 1. The van der Waals surface area contributed by atoms with Crippen molar-refractivity contribution < 1.29 is 9.53 Å². The molecule has 90 valence electrons. The maximum atomic E-state index is 11.6. The van der Waals surface area contributed by atoms with Crippen molar-refractivity contribution in [2.45, 2.75) is 19.4 Å². The van der Waals surface area contributed by atoms with Crippen LogP contribution in [0, 0.1) is 0 Å². The molecular weight excluding hydrogens is 206 g/mol. The standard InChI is InChI=1S/C11H19N3O2/c1-3-9(4-12)5-13-6-11(15)14-7-10(8-14)16-2/h4-5,10H,3,6-8,12H2,1-2H3/b9-4-,13-5?. The van der Waals surface area contributed by atoms with Crippen LogP contribution in [-0.4, -0.2) is 49.9 Å². The Morgan fingerprint density at radius 2 is 2.31 bits per heavy atom. The van der Waals surface area contributed by atoms with E-state index in [-0.39, 0.29) is 18.6 Å². The highest BCUT2D eigenvalue weighted by atomic mass is 16.5. The third-order valence-electron chi connectivity index (χ3n) is 2.64. The molecule has 5 nitrogen and oxygen atoms in total. The van der Waals surface area contributed by atoms with Gasteiger partial charge in [-0.1, -0.05) is 6.92 Å². The highest BCUT2D eigenvalue weighted by Gasteiger charge is 2.29. The van der Waals surface area contributed by atoms with Crippen LogP contribution in [0.25, 0.3) is 0 Å². The first-order valence-electron chi connectivity index (χ1n) is 5.42. The van der Waals surface area contributed by atoms with Gasteiger partial charge in [-0.3, -0.25) is 9.79 Å². The summed E-state index contributed by atoms with van der Waals surface area (Å²) in [6.07, 6.45) is 4.19. The van der Waals surface area contributed by atoms with Crippen molar-refractivity contribution in [2.75, 3.05) is 26.7 Å². The van der Waals surface area contributed by atoms with Crippen LogP contribution in [0.5, 0.6) is 0 Å². The summed E-state index contributed by atoms with van der Waals surface area (Å²) < 4.78 is 5.09. The van der Waals surface area contributed by atoms with Gasteiger partial charge < -0.3 is 15.4 Å². The molecule has 1 amide bonds. The lowest BCUT2D eigenvalue weighted by molar-refractivity contribution is -0.141. The lowest BCUT2D eigenvalue weighted by Crippen LogP contribution is -2.55. The van der Waals surface area contributed by atoms with Crippen LogP contribution in [0.3, 0.4) is 0 Å². The van der Waals surface area contributed by atoms with E-state index in [1.165, 1.54) is 6.20 Å². The fourth-order valence-electron chi connectivity index (χ4n) is 1.38. The predicted molar refractivity (Wildman–Crippen MR) is 63.3 cm³/mol. The van der Waals surface area contributed by atoms with Crippen LogP contribution in [0.15, 0.2) is 16.8 Å². The summed E-state index contributed by atoms with van der Waals surface area (Å²) in [7, 11) is 1.66. The lowest BCUT2D eigenvalue weighted by atomic mass is 10.1. The van der Waals surface area contributed by atoms with Gasteiger partial charge in [0.2, 0.25) is 5.91 Å². The first kappa shape index (κ1) is 12.7. The number of carbonyl (C=O) groups excluding carboxylic acids is 1. The van der Waals surface area contributed by atoms with E-state index in [4.69, 9.17) is 10.5 Å². The van der Waals surface area contributed by atoms with Crippen molar-refractivity contribution in [1.82, 2.24) is 4.90 Å². The molecule has 1 rings (SSSR count).